The van der Waals surface area contributed by atoms with E-state index in [0.717, 1.165) is 5.56 Å². The van der Waals surface area contributed by atoms with E-state index >= 15 is 0 Å². The Balaban J connectivity index is 1.45. The van der Waals surface area contributed by atoms with E-state index in [1.165, 1.54) is 6.21 Å². The van der Waals surface area contributed by atoms with Gasteiger partial charge in [-0.2, -0.15) is 0 Å². The number of anilines is 1. The minimum Gasteiger partial charge on any atom is -0.462 e. The minimum atomic E-state index is -0.406. The van der Waals surface area contributed by atoms with Crippen LogP contribution in [0.5, 0.6) is 11.5 Å². The monoisotopic (exact) mass is 370 g/mol. The predicted octanol–water partition coefficient (Wildman–Crippen LogP) is 2.58. The summed E-state index contributed by atoms with van der Waals surface area (Å²) in [6.45, 7) is 2.00. The zero-order chi connectivity index (χ0) is 19.1. The van der Waals surface area contributed by atoms with E-state index in [0.29, 0.717) is 29.4 Å². The first kappa shape index (κ1) is 18.2. The molecule has 0 aliphatic carbocycles. The number of rotatable bonds is 7. The molecule has 1 amide bonds. The number of nitrogens with zero attached hydrogens (tertiary/aromatic N) is 1. The number of nitrogens with one attached hydrogen (secondary N) is 1. The van der Waals surface area contributed by atoms with Crippen LogP contribution in [0.15, 0.2) is 47.6 Å². The number of oxime groups is 1. The van der Waals surface area contributed by atoms with E-state index in [1.54, 1.807) is 49.4 Å². The molecule has 3 rings (SSSR count). The molecule has 0 atom stereocenters. The van der Waals surface area contributed by atoms with Crippen LogP contribution in [0.4, 0.5) is 5.69 Å². The summed E-state index contributed by atoms with van der Waals surface area (Å²) in [5, 5.41) is 6.41. The summed E-state index contributed by atoms with van der Waals surface area (Å²) in [6.07, 6.45) is 1.48. The lowest BCUT2D eigenvalue weighted by Gasteiger charge is -2.06. The maximum Gasteiger partial charge on any atom is 0.338 e. The summed E-state index contributed by atoms with van der Waals surface area (Å²) < 4.78 is 15.4. The number of benzene rings is 2. The second-order valence-corrected chi connectivity index (χ2v) is 5.47. The van der Waals surface area contributed by atoms with E-state index in [4.69, 9.17) is 19.0 Å². The molecule has 0 spiro atoms. The van der Waals surface area contributed by atoms with Gasteiger partial charge in [-0.15, -0.1) is 0 Å². The van der Waals surface area contributed by atoms with Gasteiger partial charge in [0.2, 0.25) is 6.79 Å². The van der Waals surface area contributed by atoms with Gasteiger partial charge in [0.25, 0.3) is 5.91 Å². The fourth-order valence-corrected chi connectivity index (χ4v) is 2.29. The molecule has 0 saturated heterocycles. The number of fused-ring (bicyclic) bond motifs is 1. The number of hydrogen-bond acceptors (Lipinski definition) is 7. The third kappa shape index (κ3) is 4.97. The highest BCUT2D eigenvalue weighted by atomic mass is 16.7. The predicted molar refractivity (Wildman–Crippen MR) is 97.1 cm³/mol. The fourth-order valence-electron chi connectivity index (χ4n) is 2.29. The molecule has 8 heteroatoms. The van der Waals surface area contributed by atoms with Gasteiger partial charge in [-0.25, -0.2) is 4.79 Å². The van der Waals surface area contributed by atoms with Crippen LogP contribution in [0.2, 0.25) is 0 Å². The first-order chi connectivity index (χ1) is 13.2. The summed E-state index contributed by atoms with van der Waals surface area (Å²) >= 11 is 0. The van der Waals surface area contributed by atoms with Gasteiger partial charge in [-0.3, -0.25) is 4.79 Å². The normalized spacial score (nSPS) is 12.0. The number of esters is 1. The Hall–Kier alpha value is -3.55. The number of carbonyl (C=O) groups excluding carboxylic acids is 2. The number of hydrogen-bond donors (Lipinski definition) is 1. The Morgan fingerprint density at radius 1 is 1.15 bits per heavy atom. The standard InChI is InChI=1S/C19H18N2O6/c1-2-24-19(23)14-4-6-15(7-5-14)21-18(22)11-27-20-10-13-3-8-16-17(9-13)26-12-25-16/h3-10H,2,11-12H2,1H3,(H,21,22)/b20-10+. The average molecular weight is 370 g/mol. The van der Waals surface area contributed by atoms with Gasteiger partial charge in [0.1, 0.15) is 0 Å². The first-order valence-corrected chi connectivity index (χ1v) is 8.27. The Bertz CT molecular complexity index is 848. The van der Waals surface area contributed by atoms with Crippen molar-refractivity contribution in [1.82, 2.24) is 0 Å². The highest BCUT2D eigenvalue weighted by molar-refractivity contribution is 5.93. The van der Waals surface area contributed by atoms with Crippen molar-refractivity contribution in [2.24, 2.45) is 5.16 Å². The average Bonchev–Trinajstić information content (AvgIpc) is 3.14. The molecule has 2 aromatic rings. The zero-order valence-electron chi connectivity index (χ0n) is 14.6. The number of amides is 1. The molecule has 0 unspecified atom stereocenters. The summed E-state index contributed by atoms with van der Waals surface area (Å²) in [6, 6.07) is 11.7. The smallest absolute Gasteiger partial charge is 0.338 e. The van der Waals surface area contributed by atoms with Crippen molar-refractivity contribution in [2.75, 3.05) is 25.3 Å². The van der Waals surface area contributed by atoms with E-state index in [9.17, 15) is 9.59 Å². The van der Waals surface area contributed by atoms with Gasteiger partial charge >= 0.3 is 5.97 Å². The van der Waals surface area contributed by atoms with Gasteiger partial charge in [-0.1, -0.05) is 5.16 Å². The molecule has 0 bridgehead atoms. The molecule has 1 aliphatic rings. The van der Waals surface area contributed by atoms with Crippen LogP contribution < -0.4 is 14.8 Å². The van der Waals surface area contributed by atoms with Crippen LogP contribution in [-0.2, 0) is 14.4 Å². The van der Waals surface area contributed by atoms with Crippen molar-refractivity contribution in [1.29, 1.82) is 0 Å². The molecule has 2 aromatic carbocycles. The van der Waals surface area contributed by atoms with Crippen molar-refractivity contribution in [3.05, 3.63) is 53.6 Å². The summed E-state index contributed by atoms with van der Waals surface area (Å²) in [5.74, 6) is 0.544. The summed E-state index contributed by atoms with van der Waals surface area (Å²) in [5.41, 5.74) is 1.71. The third-order valence-corrected chi connectivity index (χ3v) is 3.55. The Labute approximate surface area is 155 Å². The quantitative estimate of drug-likeness (QED) is 0.457. The summed E-state index contributed by atoms with van der Waals surface area (Å²) in [7, 11) is 0. The maximum atomic E-state index is 11.9. The maximum absolute atomic E-state index is 11.9. The van der Waals surface area contributed by atoms with E-state index in [2.05, 4.69) is 10.5 Å². The first-order valence-electron chi connectivity index (χ1n) is 8.27. The summed E-state index contributed by atoms with van der Waals surface area (Å²) in [4.78, 5) is 28.4. The molecule has 8 nitrogen and oxygen atoms in total. The lowest BCUT2D eigenvalue weighted by atomic mass is 10.2. The lowest BCUT2D eigenvalue weighted by molar-refractivity contribution is -0.120. The van der Waals surface area contributed by atoms with Crippen molar-refractivity contribution in [3.63, 3.8) is 0 Å². The molecule has 0 radical (unpaired) electrons. The Kier molecular flexibility index (Phi) is 5.88. The molecular formula is C19H18N2O6. The van der Waals surface area contributed by atoms with Gasteiger partial charge in [0.05, 0.1) is 18.4 Å². The second kappa shape index (κ2) is 8.70. The Morgan fingerprint density at radius 2 is 1.93 bits per heavy atom. The molecular weight excluding hydrogens is 352 g/mol. The van der Waals surface area contributed by atoms with Gasteiger partial charge in [0.15, 0.2) is 18.1 Å². The molecule has 27 heavy (non-hydrogen) atoms. The van der Waals surface area contributed by atoms with E-state index in [-0.39, 0.29) is 19.3 Å². The van der Waals surface area contributed by atoms with Crippen LogP contribution in [0, 0.1) is 0 Å². The molecule has 0 fully saturated rings. The van der Waals surface area contributed by atoms with Crippen LogP contribution in [0.1, 0.15) is 22.8 Å². The van der Waals surface area contributed by atoms with Crippen molar-refractivity contribution >= 4 is 23.8 Å². The highest BCUT2D eigenvalue weighted by Gasteiger charge is 2.12. The molecule has 1 N–H and O–H groups in total. The van der Waals surface area contributed by atoms with Gasteiger partial charge < -0.3 is 24.4 Å². The zero-order valence-corrected chi connectivity index (χ0v) is 14.6. The topological polar surface area (TPSA) is 95.5 Å². The lowest BCUT2D eigenvalue weighted by Crippen LogP contribution is -2.17. The van der Waals surface area contributed by atoms with Crippen LogP contribution in [0.25, 0.3) is 0 Å². The number of ether oxygens (including phenoxy) is 3. The van der Waals surface area contributed by atoms with Crippen LogP contribution in [-0.4, -0.2) is 38.1 Å². The van der Waals surface area contributed by atoms with Crippen LogP contribution >= 0.6 is 0 Å². The van der Waals surface area contributed by atoms with Crippen molar-refractivity contribution in [2.45, 2.75) is 6.92 Å². The second-order valence-electron chi connectivity index (χ2n) is 5.47. The van der Waals surface area contributed by atoms with Crippen molar-refractivity contribution in [3.8, 4) is 11.5 Å². The van der Waals surface area contributed by atoms with Crippen molar-refractivity contribution < 1.29 is 28.6 Å². The fraction of sp³-hybridized carbons (Fsp3) is 0.211. The highest BCUT2D eigenvalue weighted by Crippen LogP contribution is 2.31. The molecule has 1 aliphatic heterocycles. The SMILES string of the molecule is CCOC(=O)c1ccc(NC(=O)CO/N=C/c2ccc3c(c2)OCO3)cc1. The molecule has 0 saturated carbocycles. The minimum absolute atomic E-state index is 0.202. The van der Waals surface area contributed by atoms with Gasteiger partial charge in [-0.05, 0) is 49.4 Å². The number of carbonyl (C=O) groups is 2. The van der Waals surface area contributed by atoms with E-state index < -0.39 is 5.97 Å². The molecule has 1 heterocycles. The molecule has 0 aromatic heterocycles. The van der Waals surface area contributed by atoms with Gasteiger partial charge in [0, 0.05) is 11.3 Å². The Morgan fingerprint density at radius 3 is 2.70 bits per heavy atom. The van der Waals surface area contributed by atoms with Crippen LogP contribution in [0.3, 0.4) is 0 Å². The largest absolute Gasteiger partial charge is 0.462 e. The third-order valence-electron chi connectivity index (χ3n) is 3.55. The van der Waals surface area contributed by atoms with E-state index in [1.807, 2.05) is 0 Å². The molecule has 140 valence electrons.